The largest absolute Gasteiger partial charge is 0.482 e. The van der Waals surface area contributed by atoms with Crippen molar-refractivity contribution in [1.82, 2.24) is 0 Å². The van der Waals surface area contributed by atoms with Crippen LogP contribution in [0.15, 0.2) is 71.2 Å². The summed E-state index contributed by atoms with van der Waals surface area (Å²) in [7, 11) is -4.11. The smallest absolute Gasteiger partial charge is 0.376 e. The number of fused-ring (bicyclic) bond motifs is 1. The van der Waals surface area contributed by atoms with Gasteiger partial charge in [0.25, 0.3) is 0 Å². The number of benzene rings is 3. The van der Waals surface area contributed by atoms with Crippen molar-refractivity contribution in [1.29, 1.82) is 0 Å². The fourth-order valence-corrected chi connectivity index (χ4v) is 10.0. The third kappa shape index (κ3) is 9.29. The van der Waals surface area contributed by atoms with Gasteiger partial charge in [0.15, 0.2) is 6.61 Å². The lowest BCUT2D eigenvalue weighted by Gasteiger charge is -2.43. The molecule has 2 aliphatic rings. The molecule has 0 saturated heterocycles. The minimum Gasteiger partial charge on any atom is -0.482 e. The van der Waals surface area contributed by atoms with Crippen molar-refractivity contribution in [2.24, 2.45) is 35.5 Å². The molecule has 0 radical (unpaired) electrons. The van der Waals surface area contributed by atoms with Crippen LogP contribution < -0.4 is 4.74 Å². The van der Waals surface area contributed by atoms with Gasteiger partial charge in [-0.3, -0.25) is 4.57 Å². The first-order chi connectivity index (χ1) is 22.4. The molecule has 0 N–H and O–H groups in total. The molecule has 7 atom stereocenters. The lowest BCUT2D eigenvalue weighted by atomic mass is 9.75. The number of ether oxygens (including phenoxy) is 2. The Balaban J connectivity index is 1.48. The summed E-state index contributed by atoms with van der Waals surface area (Å²) in [5, 5.41) is 2.10. The van der Waals surface area contributed by atoms with Crippen LogP contribution in [-0.2, 0) is 23.1 Å². The highest BCUT2D eigenvalue weighted by molar-refractivity contribution is 9.10. The Kier molecular flexibility index (Phi) is 12.3. The van der Waals surface area contributed by atoms with Gasteiger partial charge in [-0.2, -0.15) is 0 Å². The lowest BCUT2D eigenvalue weighted by molar-refractivity contribution is -0.149. The van der Waals surface area contributed by atoms with Crippen molar-refractivity contribution >= 4 is 40.3 Å². The normalized spacial score (nSPS) is 26.0. The van der Waals surface area contributed by atoms with E-state index in [0.717, 1.165) is 53.8 Å². The fourth-order valence-electron chi connectivity index (χ4n) is 7.49. The number of rotatable bonds is 12. The van der Waals surface area contributed by atoms with E-state index < -0.39 is 19.4 Å². The first-order valence-corrected chi connectivity index (χ1v) is 19.9. The van der Waals surface area contributed by atoms with Crippen LogP contribution in [0.4, 0.5) is 0 Å². The maximum absolute atomic E-state index is 15.7. The summed E-state index contributed by atoms with van der Waals surface area (Å²) in [6.07, 6.45) is 5.26. The summed E-state index contributed by atoms with van der Waals surface area (Å²) in [5.41, 5.74) is 0.575. The van der Waals surface area contributed by atoms with Gasteiger partial charge in [-0.15, -0.1) is 0 Å². The van der Waals surface area contributed by atoms with Gasteiger partial charge < -0.3 is 18.5 Å². The molecule has 0 aliphatic heterocycles. The molecule has 3 aromatic carbocycles. The maximum atomic E-state index is 15.7. The van der Waals surface area contributed by atoms with Crippen molar-refractivity contribution in [3.63, 3.8) is 0 Å². The number of hydrogen-bond donors (Lipinski definition) is 0. The first kappa shape index (κ1) is 36.1. The van der Waals surface area contributed by atoms with Crippen LogP contribution in [0.5, 0.6) is 5.75 Å². The minimum absolute atomic E-state index is 0.229. The molecule has 8 heteroatoms. The number of hydrogen-bond acceptors (Lipinski definition) is 6. The van der Waals surface area contributed by atoms with Crippen LogP contribution in [0.3, 0.4) is 0 Å². The number of halogens is 1. The van der Waals surface area contributed by atoms with Gasteiger partial charge in [0.05, 0.1) is 12.2 Å². The van der Waals surface area contributed by atoms with Gasteiger partial charge in [-0.25, -0.2) is 4.79 Å². The Hall–Kier alpha value is -2.18. The minimum atomic E-state index is -4.11. The van der Waals surface area contributed by atoms with Crippen LogP contribution in [0.25, 0.3) is 10.8 Å². The Labute approximate surface area is 289 Å². The van der Waals surface area contributed by atoms with E-state index in [-0.39, 0.29) is 30.7 Å². The third-order valence-corrected chi connectivity index (χ3v) is 12.9. The molecule has 0 aromatic heterocycles. The van der Waals surface area contributed by atoms with Gasteiger partial charge in [0.1, 0.15) is 5.75 Å². The monoisotopic (exact) mass is 726 g/mol. The van der Waals surface area contributed by atoms with Gasteiger partial charge in [0, 0.05) is 10.0 Å². The zero-order valence-corrected chi connectivity index (χ0v) is 31.3. The highest BCUT2D eigenvalue weighted by Gasteiger charge is 2.49. The first-order valence-electron chi connectivity index (χ1n) is 17.4. The molecule has 0 heterocycles. The van der Waals surface area contributed by atoms with Crippen molar-refractivity contribution in [3.8, 4) is 5.75 Å². The Morgan fingerprint density at radius 2 is 1.34 bits per heavy atom. The summed E-state index contributed by atoms with van der Waals surface area (Å²) >= 11 is 3.52. The average Bonchev–Trinajstić information content (AvgIpc) is 3.02. The number of carbonyl (C=O) groups is 1. The quantitative estimate of drug-likeness (QED) is 0.137. The van der Waals surface area contributed by atoms with Crippen molar-refractivity contribution < 1.29 is 27.9 Å². The predicted octanol–water partition coefficient (Wildman–Crippen LogP) is 11.4. The van der Waals surface area contributed by atoms with E-state index in [9.17, 15) is 4.79 Å². The third-order valence-electron chi connectivity index (χ3n) is 10.3. The summed E-state index contributed by atoms with van der Waals surface area (Å²) in [6, 6.07) is 21.1. The van der Waals surface area contributed by atoms with E-state index in [1.165, 1.54) is 0 Å². The Bertz CT molecular complexity index is 1490. The van der Waals surface area contributed by atoms with E-state index in [0.29, 0.717) is 35.0 Å². The second-order valence-electron chi connectivity index (χ2n) is 14.7. The van der Waals surface area contributed by atoms with Gasteiger partial charge in [-0.05, 0) is 96.2 Å². The number of esters is 1. The molecule has 0 bridgehead atoms. The van der Waals surface area contributed by atoms with Crippen LogP contribution in [-0.4, -0.2) is 24.8 Å². The van der Waals surface area contributed by atoms with Crippen LogP contribution in [0.1, 0.15) is 91.5 Å². The molecule has 0 spiro atoms. The molecule has 2 aliphatic carbocycles. The fraction of sp³-hybridized carbons (Fsp3) is 0.564. The molecule has 0 unspecified atom stereocenters. The number of carbonyl (C=O) groups excluding carboxylic acids is 1. The molecule has 2 fully saturated rings. The molecule has 6 nitrogen and oxygen atoms in total. The van der Waals surface area contributed by atoms with E-state index >= 15 is 4.57 Å². The summed E-state index contributed by atoms with van der Waals surface area (Å²) in [6.45, 7) is 12.9. The highest BCUT2D eigenvalue weighted by atomic mass is 79.9. The second-order valence-corrected chi connectivity index (χ2v) is 17.6. The van der Waals surface area contributed by atoms with Crippen molar-refractivity contribution in [3.05, 3.63) is 76.8 Å². The Morgan fingerprint density at radius 1 is 0.787 bits per heavy atom. The standard InChI is InChI=1S/C39H52BrO6P/c1-25(2)34-19-11-27(5)21-36(34)45-47(42,46-37-22-28(6)12-20-35(37)26(3)4)39(30-13-16-32(40)17-14-30)44-38(41)24-43-33-18-15-29-9-7-8-10-31(29)23-33/h7-10,13-18,23,25-28,34-37,39H,11-12,19-22,24H2,1-6H3/t27-,28-,34-,35-,36-,37-,39-/m1/s1. The summed E-state index contributed by atoms with van der Waals surface area (Å²) in [4.78, 5) is 13.6. The van der Waals surface area contributed by atoms with Crippen molar-refractivity contribution in [2.75, 3.05) is 6.61 Å². The van der Waals surface area contributed by atoms with Crippen LogP contribution >= 0.6 is 23.5 Å². The van der Waals surface area contributed by atoms with E-state index in [1.807, 2.05) is 66.7 Å². The molecule has 256 valence electrons. The van der Waals surface area contributed by atoms with E-state index in [4.69, 9.17) is 18.5 Å². The van der Waals surface area contributed by atoms with Gasteiger partial charge >= 0.3 is 13.6 Å². The highest BCUT2D eigenvalue weighted by Crippen LogP contribution is 2.66. The lowest BCUT2D eigenvalue weighted by Crippen LogP contribution is -2.37. The SMILES string of the molecule is CC(C)[C@H]1CC[C@@H](C)C[C@H]1OP(=O)(O[C@@H]1C[C@H](C)CC[C@@H]1C(C)C)[C@@H](OC(=O)COc1ccc2ccccc2c1)c1ccc(Br)cc1. The predicted molar refractivity (Wildman–Crippen MR) is 192 cm³/mol. The van der Waals surface area contributed by atoms with Crippen molar-refractivity contribution in [2.45, 2.75) is 98.1 Å². The molecule has 3 aromatic rings. The molecular formula is C39H52BrO6P. The second kappa shape index (κ2) is 16.0. The average molecular weight is 728 g/mol. The Morgan fingerprint density at radius 3 is 1.89 bits per heavy atom. The van der Waals surface area contributed by atoms with Gasteiger partial charge in [-0.1, -0.05) is 113 Å². The molecule has 0 amide bonds. The molecular weight excluding hydrogens is 675 g/mol. The summed E-state index contributed by atoms with van der Waals surface area (Å²) in [5.74, 6) is 0.719. The maximum Gasteiger partial charge on any atom is 0.376 e. The summed E-state index contributed by atoms with van der Waals surface area (Å²) < 4.78 is 42.3. The molecule has 2 saturated carbocycles. The van der Waals surface area contributed by atoms with Crippen LogP contribution in [0.2, 0.25) is 0 Å². The topological polar surface area (TPSA) is 71.1 Å². The molecule has 47 heavy (non-hydrogen) atoms. The van der Waals surface area contributed by atoms with E-state index in [1.54, 1.807) is 0 Å². The van der Waals surface area contributed by atoms with E-state index in [2.05, 4.69) is 57.5 Å². The molecule has 5 rings (SSSR count). The van der Waals surface area contributed by atoms with Gasteiger partial charge in [0.2, 0.25) is 5.85 Å². The zero-order valence-electron chi connectivity index (χ0n) is 28.8. The zero-order chi connectivity index (χ0) is 33.7. The van der Waals surface area contributed by atoms with Crippen LogP contribution in [0, 0.1) is 35.5 Å².